The van der Waals surface area contributed by atoms with Gasteiger partial charge in [0, 0.05) is 12.6 Å². The van der Waals surface area contributed by atoms with Crippen LogP contribution < -0.4 is 10.2 Å². The molecule has 0 unspecified atom stereocenters. The number of urea groups is 1. The van der Waals surface area contributed by atoms with Crippen molar-refractivity contribution in [3.05, 3.63) is 54.4 Å². The summed E-state index contributed by atoms with van der Waals surface area (Å²) in [5, 5.41) is 10.1. The van der Waals surface area contributed by atoms with Gasteiger partial charge in [-0.2, -0.15) is 22.7 Å². The summed E-state index contributed by atoms with van der Waals surface area (Å²) in [7, 11) is 0. The number of pyridine rings is 1. The maximum atomic E-state index is 14.1. The first-order valence-electron chi connectivity index (χ1n) is 9.60. The first kappa shape index (κ1) is 20.8. The minimum atomic E-state index is -4.74. The second-order valence-electron chi connectivity index (χ2n) is 7.78. The van der Waals surface area contributed by atoms with Crippen LogP contribution in [0.15, 0.2) is 37.2 Å². The Hall–Kier alpha value is -4.10. The monoisotopic (exact) mass is 461 g/mol. The van der Waals surface area contributed by atoms with E-state index in [2.05, 4.69) is 30.5 Å². The van der Waals surface area contributed by atoms with E-state index in [0.717, 1.165) is 28.6 Å². The maximum Gasteiger partial charge on any atom is 0.401 e. The van der Waals surface area contributed by atoms with Crippen LogP contribution in [0.3, 0.4) is 0 Å². The average molecular weight is 461 g/mol. The summed E-state index contributed by atoms with van der Waals surface area (Å²) in [5.41, 5.74) is -2.16. The van der Waals surface area contributed by atoms with Crippen LogP contribution >= 0.6 is 0 Å². The molecule has 10 nitrogen and oxygen atoms in total. The Bertz CT molecular complexity index is 1380. The number of carbonyl (C=O) groups is 1. The zero-order valence-corrected chi connectivity index (χ0v) is 17.2. The van der Waals surface area contributed by atoms with Gasteiger partial charge in [-0.15, -0.1) is 5.10 Å². The van der Waals surface area contributed by atoms with Gasteiger partial charge in [0.2, 0.25) is 5.95 Å². The molecule has 5 rings (SSSR count). The van der Waals surface area contributed by atoms with Crippen molar-refractivity contribution in [2.45, 2.75) is 25.4 Å². The SMILES string of the molecule is Cc1cc(NC(=O)N2C[C@@](C)(C(F)(F)F)c3c2cnc2cc(F)nn32)cnc1-n1cncn1. The van der Waals surface area contributed by atoms with Gasteiger partial charge in [-0.1, -0.05) is 0 Å². The van der Waals surface area contributed by atoms with Gasteiger partial charge >= 0.3 is 12.2 Å². The number of amides is 2. The van der Waals surface area contributed by atoms with Crippen molar-refractivity contribution in [1.82, 2.24) is 34.3 Å². The van der Waals surface area contributed by atoms with Gasteiger partial charge < -0.3 is 5.32 Å². The predicted molar refractivity (Wildman–Crippen MR) is 107 cm³/mol. The molecule has 2 amide bonds. The molecule has 0 spiro atoms. The normalized spacial score (nSPS) is 18.1. The van der Waals surface area contributed by atoms with E-state index in [-0.39, 0.29) is 22.7 Å². The lowest BCUT2D eigenvalue weighted by molar-refractivity contribution is -0.181. The smallest absolute Gasteiger partial charge is 0.306 e. The fourth-order valence-corrected chi connectivity index (χ4v) is 3.88. The molecule has 0 radical (unpaired) electrons. The molecule has 170 valence electrons. The summed E-state index contributed by atoms with van der Waals surface area (Å²) < 4.78 is 58.3. The second kappa shape index (κ2) is 6.95. The summed E-state index contributed by atoms with van der Waals surface area (Å²) in [6.07, 6.45) is 0.519. The van der Waals surface area contributed by atoms with E-state index >= 15 is 0 Å². The average Bonchev–Trinajstić information content (AvgIpc) is 3.45. The van der Waals surface area contributed by atoms with Crippen LogP contribution in [0.25, 0.3) is 11.5 Å². The second-order valence-corrected chi connectivity index (χ2v) is 7.78. The number of nitrogens with one attached hydrogen (secondary N) is 1. The van der Waals surface area contributed by atoms with Crippen molar-refractivity contribution < 1.29 is 22.4 Å². The summed E-state index contributed by atoms with van der Waals surface area (Å²) in [5.74, 6) is -0.494. The van der Waals surface area contributed by atoms with Crippen molar-refractivity contribution in [2.24, 2.45) is 0 Å². The molecule has 4 aromatic rings. The number of carbonyl (C=O) groups excluding carboxylic acids is 1. The molecule has 0 aliphatic carbocycles. The highest BCUT2D eigenvalue weighted by Gasteiger charge is 2.60. The zero-order chi connectivity index (χ0) is 23.5. The Morgan fingerprint density at radius 1 is 1.21 bits per heavy atom. The first-order valence-corrected chi connectivity index (χ1v) is 9.60. The molecule has 4 aromatic heterocycles. The molecule has 1 aliphatic rings. The van der Waals surface area contributed by atoms with Gasteiger partial charge in [-0.05, 0) is 25.5 Å². The number of anilines is 2. The summed E-state index contributed by atoms with van der Waals surface area (Å²) >= 11 is 0. The van der Waals surface area contributed by atoms with E-state index in [9.17, 15) is 22.4 Å². The molecule has 0 saturated carbocycles. The van der Waals surface area contributed by atoms with Crippen molar-refractivity contribution in [1.29, 1.82) is 0 Å². The van der Waals surface area contributed by atoms with Crippen molar-refractivity contribution >= 4 is 23.1 Å². The summed E-state index contributed by atoms with van der Waals surface area (Å²) in [4.78, 5) is 26.0. The molecule has 0 fully saturated rings. The molecule has 0 bridgehead atoms. The van der Waals surface area contributed by atoms with E-state index < -0.39 is 30.1 Å². The minimum absolute atomic E-state index is 0.0903. The number of rotatable bonds is 2. The largest absolute Gasteiger partial charge is 0.401 e. The number of aryl methyl sites for hydroxylation is 1. The predicted octanol–water partition coefficient (Wildman–Crippen LogP) is 3.02. The van der Waals surface area contributed by atoms with Crippen molar-refractivity contribution in [3.63, 3.8) is 0 Å². The van der Waals surface area contributed by atoms with Gasteiger partial charge in [0.25, 0.3) is 0 Å². The number of alkyl halides is 3. The summed E-state index contributed by atoms with van der Waals surface area (Å²) in [6.45, 7) is 1.94. The van der Waals surface area contributed by atoms with E-state index in [0.29, 0.717) is 11.4 Å². The number of halogens is 4. The van der Waals surface area contributed by atoms with Gasteiger partial charge in [-0.3, -0.25) is 4.90 Å². The Labute approximate surface area is 182 Å². The summed E-state index contributed by atoms with van der Waals surface area (Å²) in [6, 6.07) is 1.70. The Kier molecular flexibility index (Phi) is 4.38. The quantitative estimate of drug-likeness (QED) is 0.460. The van der Waals surface area contributed by atoms with Gasteiger partial charge in [0.05, 0.1) is 29.5 Å². The first-order chi connectivity index (χ1) is 15.6. The molecule has 0 saturated heterocycles. The highest BCUT2D eigenvalue weighted by atomic mass is 19.4. The van der Waals surface area contributed by atoms with E-state index in [4.69, 9.17) is 0 Å². The molecule has 1 aliphatic heterocycles. The van der Waals surface area contributed by atoms with Crippen LogP contribution in [0.4, 0.5) is 33.7 Å². The highest BCUT2D eigenvalue weighted by Crippen LogP contribution is 2.49. The molecular formula is C19H15F4N9O. The minimum Gasteiger partial charge on any atom is -0.306 e. The lowest BCUT2D eigenvalue weighted by Crippen LogP contribution is -2.46. The molecule has 0 aromatic carbocycles. The van der Waals surface area contributed by atoms with Crippen LogP contribution in [0.2, 0.25) is 0 Å². The molecule has 5 heterocycles. The molecule has 1 N–H and O–H groups in total. The molecular weight excluding hydrogens is 446 g/mol. The maximum absolute atomic E-state index is 14.1. The third kappa shape index (κ3) is 3.16. The zero-order valence-electron chi connectivity index (χ0n) is 17.2. The number of nitrogens with zero attached hydrogens (tertiary/aromatic N) is 8. The topological polar surface area (TPSA) is 106 Å². The fraction of sp³-hybridized carbons (Fsp3) is 0.263. The lowest BCUT2D eigenvalue weighted by Gasteiger charge is -2.28. The molecule has 14 heteroatoms. The lowest BCUT2D eigenvalue weighted by atomic mass is 9.88. The van der Waals surface area contributed by atoms with Crippen LogP contribution in [-0.4, -0.2) is 53.1 Å². The van der Waals surface area contributed by atoms with Crippen LogP contribution in [0.5, 0.6) is 0 Å². The van der Waals surface area contributed by atoms with E-state index in [1.54, 1.807) is 13.0 Å². The van der Waals surface area contributed by atoms with Crippen LogP contribution in [-0.2, 0) is 5.41 Å². The number of hydrogen-bond acceptors (Lipinski definition) is 6. The van der Waals surface area contributed by atoms with Crippen LogP contribution in [0.1, 0.15) is 18.2 Å². The van der Waals surface area contributed by atoms with E-state index in [1.165, 1.54) is 23.5 Å². The Balaban J connectivity index is 1.51. The number of fused-ring (bicyclic) bond motifs is 3. The Morgan fingerprint density at radius 3 is 2.67 bits per heavy atom. The van der Waals surface area contributed by atoms with Gasteiger partial charge in [0.1, 0.15) is 18.1 Å². The van der Waals surface area contributed by atoms with Crippen molar-refractivity contribution in [2.75, 3.05) is 16.8 Å². The standard InChI is InChI=1S/C19H15F4N9O/c1-10-3-11(5-26-16(10)31-9-24-8-27-31)28-17(33)30-7-18(2,19(21,22)23)15-12(30)6-25-14-4-13(20)29-32(14)15/h3-6,8-9H,7H2,1-2H3,(H,28,33)/t18-/m1/s1. The fourth-order valence-electron chi connectivity index (χ4n) is 3.88. The third-order valence-corrected chi connectivity index (χ3v) is 5.53. The van der Waals surface area contributed by atoms with Gasteiger partial charge in [-0.25, -0.2) is 28.9 Å². The van der Waals surface area contributed by atoms with Crippen molar-refractivity contribution in [3.8, 4) is 5.82 Å². The van der Waals surface area contributed by atoms with Gasteiger partial charge in [0.15, 0.2) is 11.5 Å². The number of hydrogen-bond donors (Lipinski definition) is 1. The molecule has 1 atom stereocenters. The third-order valence-electron chi connectivity index (χ3n) is 5.53. The number of aromatic nitrogens is 7. The van der Waals surface area contributed by atoms with Crippen LogP contribution in [0, 0.1) is 12.9 Å². The Morgan fingerprint density at radius 2 is 2.00 bits per heavy atom. The molecule has 33 heavy (non-hydrogen) atoms. The van der Waals surface area contributed by atoms with E-state index in [1.807, 2.05) is 0 Å². The highest BCUT2D eigenvalue weighted by molar-refractivity contribution is 6.03.